The lowest BCUT2D eigenvalue weighted by atomic mass is 9.76. The van der Waals surface area contributed by atoms with Gasteiger partial charge in [0.1, 0.15) is 5.82 Å². The molecule has 0 aliphatic carbocycles. The maximum atomic E-state index is 13.4. The lowest BCUT2D eigenvalue weighted by Gasteiger charge is -2.34. The standard InChI is InChI=1S/C31H35FN2O3/c1-31(22-29(35)36,24-8-3-2-4-9-24)18-7-19-34-20-16-26(17-21-34)33-30(37)28-11-6-5-10-27(28)23-12-14-25(32)15-13-23/h2-6,8-15,26H,7,16-22H2,1H3,(H,33,37)(H,35,36). The number of piperidine rings is 1. The van der Waals surface area contributed by atoms with E-state index in [-0.39, 0.29) is 24.2 Å². The number of carbonyl (C=O) groups excluding carboxylic acids is 1. The first-order chi connectivity index (χ1) is 17.8. The maximum Gasteiger partial charge on any atom is 0.304 e. The van der Waals surface area contributed by atoms with E-state index in [1.165, 1.54) is 12.1 Å². The summed E-state index contributed by atoms with van der Waals surface area (Å²) in [5.41, 5.74) is 2.87. The normalized spacial score (nSPS) is 16.2. The first kappa shape index (κ1) is 26.6. The summed E-state index contributed by atoms with van der Waals surface area (Å²) in [5.74, 6) is -1.18. The number of amides is 1. The first-order valence-corrected chi connectivity index (χ1v) is 13.0. The largest absolute Gasteiger partial charge is 0.481 e. The third kappa shape index (κ3) is 7.04. The lowest BCUT2D eigenvalue weighted by molar-refractivity contribution is -0.138. The Bertz CT molecular complexity index is 1190. The van der Waals surface area contributed by atoms with E-state index in [9.17, 15) is 19.1 Å². The predicted octanol–water partition coefficient (Wildman–Crippen LogP) is 5.90. The molecule has 2 N–H and O–H groups in total. The number of likely N-dealkylation sites (tertiary alicyclic amines) is 1. The summed E-state index contributed by atoms with van der Waals surface area (Å²) >= 11 is 0. The monoisotopic (exact) mass is 502 g/mol. The van der Waals surface area contributed by atoms with Crippen molar-refractivity contribution in [3.05, 3.63) is 95.8 Å². The van der Waals surface area contributed by atoms with Gasteiger partial charge in [-0.2, -0.15) is 0 Å². The van der Waals surface area contributed by atoms with Crippen molar-refractivity contribution in [3.63, 3.8) is 0 Å². The van der Waals surface area contributed by atoms with Crippen LogP contribution in [0.1, 0.15) is 54.9 Å². The minimum atomic E-state index is -0.774. The van der Waals surface area contributed by atoms with Crippen LogP contribution in [-0.4, -0.2) is 47.6 Å². The van der Waals surface area contributed by atoms with Crippen molar-refractivity contribution >= 4 is 11.9 Å². The lowest BCUT2D eigenvalue weighted by Crippen LogP contribution is -2.45. The van der Waals surface area contributed by atoms with E-state index >= 15 is 0 Å². The van der Waals surface area contributed by atoms with Crippen LogP contribution in [0.25, 0.3) is 11.1 Å². The van der Waals surface area contributed by atoms with Crippen molar-refractivity contribution in [2.45, 2.75) is 50.5 Å². The number of carboxylic acids is 1. The quantitative estimate of drug-likeness (QED) is 0.362. The zero-order chi connectivity index (χ0) is 26.3. The fourth-order valence-electron chi connectivity index (χ4n) is 5.33. The van der Waals surface area contributed by atoms with E-state index in [1.54, 1.807) is 12.1 Å². The zero-order valence-corrected chi connectivity index (χ0v) is 21.3. The summed E-state index contributed by atoms with van der Waals surface area (Å²) in [6.45, 7) is 4.75. The molecule has 3 aromatic rings. The van der Waals surface area contributed by atoms with Crippen molar-refractivity contribution in [1.82, 2.24) is 10.2 Å². The molecule has 1 amide bonds. The molecule has 1 saturated heterocycles. The average Bonchev–Trinajstić information content (AvgIpc) is 2.90. The molecule has 0 spiro atoms. The first-order valence-electron chi connectivity index (χ1n) is 13.0. The van der Waals surface area contributed by atoms with Crippen LogP contribution in [0.4, 0.5) is 4.39 Å². The molecule has 1 heterocycles. The second kappa shape index (κ2) is 12.2. The molecule has 5 nitrogen and oxygen atoms in total. The smallest absolute Gasteiger partial charge is 0.304 e. The molecule has 4 rings (SSSR count). The molecule has 37 heavy (non-hydrogen) atoms. The topological polar surface area (TPSA) is 69.6 Å². The Morgan fingerprint density at radius 2 is 1.62 bits per heavy atom. The summed E-state index contributed by atoms with van der Waals surface area (Å²) in [6, 6.07) is 23.6. The van der Waals surface area contributed by atoms with Gasteiger partial charge in [-0.15, -0.1) is 0 Å². The van der Waals surface area contributed by atoms with Crippen molar-refractivity contribution < 1.29 is 19.1 Å². The molecule has 0 bridgehead atoms. The average molecular weight is 503 g/mol. The van der Waals surface area contributed by atoms with Gasteiger partial charge < -0.3 is 15.3 Å². The summed E-state index contributed by atoms with van der Waals surface area (Å²) < 4.78 is 13.4. The number of halogens is 1. The number of hydrogen-bond acceptors (Lipinski definition) is 3. The molecule has 1 atom stereocenters. The Labute approximate surface area is 218 Å². The van der Waals surface area contributed by atoms with E-state index < -0.39 is 11.4 Å². The molecular formula is C31H35FN2O3. The molecule has 1 aliphatic rings. The van der Waals surface area contributed by atoms with Crippen molar-refractivity contribution in [2.75, 3.05) is 19.6 Å². The molecule has 1 aliphatic heterocycles. The van der Waals surface area contributed by atoms with E-state index in [0.717, 1.165) is 62.0 Å². The number of benzene rings is 3. The Kier molecular flexibility index (Phi) is 8.72. The second-order valence-electron chi connectivity index (χ2n) is 10.2. The number of aliphatic carboxylic acids is 1. The van der Waals surface area contributed by atoms with E-state index in [0.29, 0.717) is 5.56 Å². The number of carbonyl (C=O) groups is 2. The highest BCUT2D eigenvalue weighted by Gasteiger charge is 2.30. The highest BCUT2D eigenvalue weighted by molar-refractivity contribution is 6.01. The van der Waals surface area contributed by atoms with Crippen LogP contribution in [0.15, 0.2) is 78.9 Å². The number of carboxylic acid groups (broad SMARTS) is 1. The molecule has 0 aromatic heterocycles. The van der Waals surface area contributed by atoms with Crippen LogP contribution in [0, 0.1) is 5.82 Å². The number of rotatable bonds is 10. The molecule has 1 unspecified atom stereocenters. The molecule has 3 aromatic carbocycles. The predicted molar refractivity (Wildman–Crippen MR) is 144 cm³/mol. The van der Waals surface area contributed by atoms with Gasteiger partial charge in [0.15, 0.2) is 0 Å². The molecule has 0 saturated carbocycles. The van der Waals surface area contributed by atoms with Crippen LogP contribution in [-0.2, 0) is 10.2 Å². The summed E-state index contributed by atoms with van der Waals surface area (Å²) in [7, 11) is 0. The summed E-state index contributed by atoms with van der Waals surface area (Å²) in [4.78, 5) is 27.1. The zero-order valence-electron chi connectivity index (χ0n) is 21.3. The molecule has 194 valence electrons. The summed E-state index contributed by atoms with van der Waals surface area (Å²) in [6.07, 6.45) is 3.58. The maximum absolute atomic E-state index is 13.4. The third-order valence-electron chi connectivity index (χ3n) is 7.46. The van der Waals surface area contributed by atoms with Crippen LogP contribution in [0.2, 0.25) is 0 Å². The SMILES string of the molecule is CC(CCCN1CCC(NC(=O)c2ccccc2-c2ccc(F)cc2)CC1)(CC(=O)O)c1ccccc1. The van der Waals surface area contributed by atoms with Gasteiger partial charge >= 0.3 is 5.97 Å². The molecule has 0 radical (unpaired) electrons. The van der Waals surface area contributed by atoms with Gasteiger partial charge in [-0.3, -0.25) is 9.59 Å². The van der Waals surface area contributed by atoms with Gasteiger partial charge in [-0.25, -0.2) is 4.39 Å². The Hall–Kier alpha value is -3.51. The Morgan fingerprint density at radius 3 is 2.30 bits per heavy atom. The minimum Gasteiger partial charge on any atom is -0.481 e. The van der Waals surface area contributed by atoms with E-state index in [1.807, 2.05) is 61.5 Å². The highest BCUT2D eigenvalue weighted by Crippen LogP contribution is 2.33. The molecular weight excluding hydrogens is 467 g/mol. The number of nitrogens with zero attached hydrogens (tertiary/aromatic N) is 1. The Morgan fingerprint density at radius 1 is 0.973 bits per heavy atom. The number of nitrogens with one attached hydrogen (secondary N) is 1. The molecule has 1 fully saturated rings. The van der Waals surface area contributed by atoms with Gasteiger partial charge in [-0.1, -0.05) is 67.6 Å². The van der Waals surface area contributed by atoms with Gasteiger partial charge in [-0.05, 0) is 67.1 Å². The van der Waals surface area contributed by atoms with E-state index in [4.69, 9.17) is 0 Å². The van der Waals surface area contributed by atoms with Gasteiger partial charge in [0, 0.05) is 30.1 Å². The second-order valence-corrected chi connectivity index (χ2v) is 10.2. The minimum absolute atomic E-state index is 0.103. The van der Waals surface area contributed by atoms with Gasteiger partial charge in [0.05, 0.1) is 6.42 Å². The molecule has 6 heteroatoms. The van der Waals surface area contributed by atoms with Crippen LogP contribution in [0.5, 0.6) is 0 Å². The third-order valence-corrected chi connectivity index (χ3v) is 7.46. The van der Waals surface area contributed by atoms with Crippen LogP contribution < -0.4 is 5.32 Å². The Balaban J connectivity index is 1.28. The van der Waals surface area contributed by atoms with Crippen molar-refractivity contribution in [3.8, 4) is 11.1 Å². The fourth-order valence-corrected chi connectivity index (χ4v) is 5.33. The highest BCUT2D eigenvalue weighted by atomic mass is 19.1. The summed E-state index contributed by atoms with van der Waals surface area (Å²) in [5, 5.41) is 12.7. The van der Waals surface area contributed by atoms with Crippen LogP contribution >= 0.6 is 0 Å². The van der Waals surface area contributed by atoms with E-state index in [2.05, 4.69) is 10.2 Å². The van der Waals surface area contributed by atoms with Crippen LogP contribution in [0.3, 0.4) is 0 Å². The van der Waals surface area contributed by atoms with Crippen molar-refractivity contribution in [1.29, 1.82) is 0 Å². The van der Waals surface area contributed by atoms with Gasteiger partial charge in [0.2, 0.25) is 0 Å². The fraction of sp³-hybridized carbons (Fsp3) is 0.355. The van der Waals surface area contributed by atoms with Gasteiger partial charge in [0.25, 0.3) is 5.91 Å². The number of hydrogen-bond donors (Lipinski definition) is 2. The van der Waals surface area contributed by atoms with Crippen molar-refractivity contribution in [2.24, 2.45) is 0 Å².